The fraction of sp³-hybridized carbons (Fsp3) is 0.278. The molecule has 1 aromatic carbocycles. The van der Waals surface area contributed by atoms with Crippen molar-refractivity contribution in [2.24, 2.45) is 0 Å². The molecule has 0 aliphatic rings. The molecule has 0 aliphatic carbocycles. The van der Waals surface area contributed by atoms with Gasteiger partial charge in [0.05, 0.1) is 0 Å². The largest absolute Gasteiger partial charge is 0.450 e. The minimum absolute atomic E-state index is 0.172. The van der Waals surface area contributed by atoms with Gasteiger partial charge in [-0.2, -0.15) is 4.98 Å². The number of ether oxygens (including phenoxy) is 1. The van der Waals surface area contributed by atoms with Crippen molar-refractivity contribution in [3.05, 3.63) is 53.4 Å². The summed E-state index contributed by atoms with van der Waals surface area (Å²) in [6.45, 7) is 5.26. The van der Waals surface area contributed by atoms with E-state index in [4.69, 9.17) is 4.74 Å². The Morgan fingerprint density at radius 1 is 1.19 bits per heavy atom. The van der Waals surface area contributed by atoms with Crippen molar-refractivity contribution in [2.75, 3.05) is 18.1 Å². The molecule has 0 N–H and O–H groups in total. The fourth-order valence-electron chi connectivity index (χ4n) is 2.65. The van der Waals surface area contributed by atoms with Crippen LogP contribution in [0.2, 0.25) is 0 Å². The molecule has 0 spiro atoms. The smallest absolute Gasteiger partial charge is 0.378 e. The van der Waals surface area contributed by atoms with Crippen LogP contribution in [-0.4, -0.2) is 44.6 Å². The lowest BCUT2D eigenvalue weighted by atomic mass is 10.2. The molecule has 3 rings (SSSR count). The third-order valence-electron chi connectivity index (χ3n) is 3.88. The number of carbonyl (C=O) groups is 2. The maximum Gasteiger partial charge on any atom is 0.378 e. The summed E-state index contributed by atoms with van der Waals surface area (Å²) in [5.74, 6) is -1.54. The van der Waals surface area contributed by atoms with Crippen molar-refractivity contribution in [3.63, 3.8) is 0 Å². The first-order valence-corrected chi connectivity index (χ1v) is 8.33. The zero-order valence-electron chi connectivity index (χ0n) is 15.1. The minimum Gasteiger partial charge on any atom is -0.450 e. The van der Waals surface area contributed by atoms with Gasteiger partial charge in [0.2, 0.25) is 0 Å². The molecule has 0 radical (unpaired) electrons. The normalized spacial score (nSPS) is 10.8. The molecule has 0 bridgehead atoms. The van der Waals surface area contributed by atoms with E-state index >= 15 is 0 Å². The van der Waals surface area contributed by atoms with Crippen molar-refractivity contribution in [3.8, 4) is 0 Å². The summed E-state index contributed by atoms with van der Waals surface area (Å²) in [6, 6.07) is 7.30. The van der Waals surface area contributed by atoms with Crippen LogP contribution in [0.3, 0.4) is 0 Å². The Labute approximate surface area is 154 Å². The van der Waals surface area contributed by atoms with Gasteiger partial charge < -0.3 is 9.64 Å². The fourth-order valence-corrected chi connectivity index (χ4v) is 2.65. The molecule has 0 saturated carbocycles. The number of aromatic nitrogens is 4. The Hall–Kier alpha value is -3.36. The van der Waals surface area contributed by atoms with Gasteiger partial charge in [0.25, 0.3) is 17.5 Å². The number of aryl methyl sites for hydroxylation is 2. The van der Waals surface area contributed by atoms with Crippen molar-refractivity contribution in [2.45, 2.75) is 20.8 Å². The lowest BCUT2D eigenvalue weighted by Crippen LogP contribution is -2.34. The van der Waals surface area contributed by atoms with Crippen molar-refractivity contribution >= 4 is 23.3 Å². The SMILES string of the molecule is CCN(C(=O)COC(=O)c1nc2nc(C)cc(C)n2n1)c1ccc(F)cc1. The highest BCUT2D eigenvalue weighted by molar-refractivity contribution is 5.96. The van der Waals surface area contributed by atoms with Gasteiger partial charge >= 0.3 is 5.97 Å². The Kier molecular flexibility index (Phi) is 5.11. The molecule has 8 nitrogen and oxygen atoms in total. The van der Waals surface area contributed by atoms with Crippen LogP contribution in [0.1, 0.15) is 28.9 Å². The summed E-state index contributed by atoms with van der Waals surface area (Å²) in [7, 11) is 0. The van der Waals surface area contributed by atoms with E-state index in [0.717, 1.165) is 11.4 Å². The summed E-state index contributed by atoms with van der Waals surface area (Å²) < 4.78 is 19.5. The number of likely N-dealkylation sites (N-methyl/N-ethyl adjacent to an activating group) is 1. The van der Waals surface area contributed by atoms with Crippen LogP contribution in [0.5, 0.6) is 0 Å². The first-order chi connectivity index (χ1) is 12.9. The second-order valence-corrected chi connectivity index (χ2v) is 5.88. The van der Waals surface area contributed by atoms with Gasteiger partial charge in [0.15, 0.2) is 6.61 Å². The standard InChI is InChI=1S/C18H18FN5O3/c1-4-23(14-7-5-13(19)6-8-14)15(25)10-27-17(26)16-21-18-20-11(2)9-12(3)24(18)22-16/h5-9H,4,10H2,1-3H3. The predicted molar refractivity (Wildman–Crippen MR) is 95.0 cm³/mol. The van der Waals surface area contributed by atoms with E-state index in [9.17, 15) is 14.0 Å². The number of anilines is 1. The summed E-state index contributed by atoms with van der Waals surface area (Å²) >= 11 is 0. The molecule has 0 atom stereocenters. The highest BCUT2D eigenvalue weighted by atomic mass is 19.1. The number of fused-ring (bicyclic) bond motifs is 1. The number of carbonyl (C=O) groups excluding carboxylic acids is 2. The second-order valence-electron chi connectivity index (χ2n) is 5.88. The maximum atomic E-state index is 13.0. The van der Waals surface area contributed by atoms with Gasteiger partial charge in [0, 0.05) is 23.6 Å². The van der Waals surface area contributed by atoms with E-state index in [0.29, 0.717) is 12.2 Å². The molecule has 140 valence electrons. The highest BCUT2D eigenvalue weighted by Gasteiger charge is 2.20. The van der Waals surface area contributed by atoms with Crippen LogP contribution in [0.4, 0.5) is 10.1 Å². The van der Waals surface area contributed by atoms with Gasteiger partial charge in [-0.1, -0.05) is 0 Å². The van der Waals surface area contributed by atoms with Crippen LogP contribution < -0.4 is 4.90 Å². The Bertz CT molecular complexity index is 1000. The number of benzene rings is 1. The van der Waals surface area contributed by atoms with E-state index in [2.05, 4.69) is 15.1 Å². The van der Waals surface area contributed by atoms with E-state index in [1.54, 1.807) is 6.92 Å². The lowest BCUT2D eigenvalue weighted by Gasteiger charge is -2.20. The number of hydrogen-bond donors (Lipinski definition) is 0. The van der Waals surface area contributed by atoms with Gasteiger partial charge in [-0.3, -0.25) is 4.79 Å². The number of amides is 1. The molecule has 0 aliphatic heterocycles. The number of esters is 1. The first kappa shape index (κ1) is 18.4. The minimum atomic E-state index is -0.818. The molecule has 9 heteroatoms. The summed E-state index contributed by atoms with van der Waals surface area (Å²) in [4.78, 5) is 34.2. The van der Waals surface area contributed by atoms with E-state index in [1.807, 2.05) is 19.9 Å². The van der Waals surface area contributed by atoms with Crippen LogP contribution >= 0.6 is 0 Å². The van der Waals surface area contributed by atoms with Gasteiger partial charge in [-0.05, 0) is 51.1 Å². The summed E-state index contributed by atoms with van der Waals surface area (Å²) in [5.41, 5.74) is 2.04. The van der Waals surface area contributed by atoms with E-state index in [1.165, 1.54) is 33.7 Å². The first-order valence-electron chi connectivity index (χ1n) is 8.33. The van der Waals surface area contributed by atoms with Crippen LogP contribution in [0, 0.1) is 19.7 Å². The number of halogens is 1. The Morgan fingerprint density at radius 3 is 2.56 bits per heavy atom. The molecular formula is C18H18FN5O3. The van der Waals surface area contributed by atoms with Gasteiger partial charge in [-0.15, -0.1) is 5.10 Å². The summed E-state index contributed by atoms with van der Waals surface area (Å²) in [6.07, 6.45) is 0. The number of rotatable bonds is 5. The molecule has 2 heterocycles. The third-order valence-corrected chi connectivity index (χ3v) is 3.88. The quantitative estimate of drug-likeness (QED) is 0.638. The van der Waals surface area contributed by atoms with Crippen molar-refractivity contribution in [1.82, 2.24) is 19.6 Å². The average Bonchev–Trinajstić information content (AvgIpc) is 3.06. The predicted octanol–water partition coefficient (Wildman–Crippen LogP) is 2.09. The molecule has 2 aromatic heterocycles. The van der Waals surface area contributed by atoms with Crippen LogP contribution in [-0.2, 0) is 9.53 Å². The second kappa shape index (κ2) is 7.48. The topological polar surface area (TPSA) is 89.7 Å². The number of hydrogen-bond acceptors (Lipinski definition) is 6. The lowest BCUT2D eigenvalue weighted by molar-refractivity contribution is -0.121. The molecule has 3 aromatic rings. The van der Waals surface area contributed by atoms with Crippen molar-refractivity contribution in [1.29, 1.82) is 0 Å². The molecule has 0 fully saturated rings. The zero-order chi connectivity index (χ0) is 19.6. The molecular weight excluding hydrogens is 353 g/mol. The summed E-state index contributed by atoms with van der Waals surface area (Å²) in [5, 5.41) is 4.07. The third kappa shape index (κ3) is 3.91. The van der Waals surface area contributed by atoms with E-state index < -0.39 is 24.3 Å². The molecule has 1 amide bonds. The van der Waals surface area contributed by atoms with Crippen LogP contribution in [0.25, 0.3) is 5.78 Å². The number of nitrogens with zero attached hydrogens (tertiary/aromatic N) is 5. The monoisotopic (exact) mass is 371 g/mol. The molecule has 0 saturated heterocycles. The van der Waals surface area contributed by atoms with Gasteiger partial charge in [-0.25, -0.2) is 18.7 Å². The molecule has 0 unspecified atom stereocenters. The van der Waals surface area contributed by atoms with Crippen LogP contribution in [0.15, 0.2) is 30.3 Å². The van der Waals surface area contributed by atoms with E-state index in [-0.39, 0.29) is 11.6 Å². The molecule has 27 heavy (non-hydrogen) atoms. The zero-order valence-corrected chi connectivity index (χ0v) is 15.1. The highest BCUT2D eigenvalue weighted by Crippen LogP contribution is 2.15. The Balaban J connectivity index is 1.70. The maximum absolute atomic E-state index is 13.0. The van der Waals surface area contributed by atoms with Gasteiger partial charge in [0.1, 0.15) is 5.82 Å². The average molecular weight is 371 g/mol. The Morgan fingerprint density at radius 2 is 1.89 bits per heavy atom. The van der Waals surface area contributed by atoms with Crippen molar-refractivity contribution < 1.29 is 18.7 Å².